The van der Waals surface area contributed by atoms with Crippen molar-refractivity contribution in [2.75, 3.05) is 18.7 Å². The highest BCUT2D eigenvalue weighted by Crippen LogP contribution is 2.27. The molecule has 31 heavy (non-hydrogen) atoms. The second kappa shape index (κ2) is 8.61. The largest absolute Gasteiger partial charge is 0.496 e. The number of nitrogens with one attached hydrogen (secondary N) is 1. The molecule has 2 heterocycles. The van der Waals surface area contributed by atoms with E-state index < -0.39 is 0 Å². The highest BCUT2D eigenvalue weighted by atomic mass is 32.2. The van der Waals surface area contributed by atoms with Crippen molar-refractivity contribution >= 4 is 35.2 Å². The molecule has 4 rings (SSSR count). The van der Waals surface area contributed by atoms with E-state index in [1.807, 2.05) is 12.3 Å². The summed E-state index contributed by atoms with van der Waals surface area (Å²) < 4.78 is 5.33. The lowest BCUT2D eigenvalue weighted by molar-refractivity contribution is 0.0642. The van der Waals surface area contributed by atoms with Crippen LogP contribution in [0.3, 0.4) is 0 Å². The molecule has 0 saturated carbocycles. The van der Waals surface area contributed by atoms with Gasteiger partial charge in [-0.25, -0.2) is 4.98 Å². The maximum atomic E-state index is 12.9. The Balaban J connectivity index is 1.57. The van der Waals surface area contributed by atoms with E-state index in [1.165, 1.54) is 23.8 Å². The summed E-state index contributed by atoms with van der Waals surface area (Å²) in [5.41, 5.74) is 2.26. The van der Waals surface area contributed by atoms with Crippen LogP contribution in [0.15, 0.2) is 65.8 Å². The van der Waals surface area contributed by atoms with Gasteiger partial charge in [0.1, 0.15) is 5.75 Å². The summed E-state index contributed by atoms with van der Waals surface area (Å²) in [7, 11) is 1.48. The number of fused-ring (bicyclic) bond motifs is 1. The highest BCUT2D eigenvalue weighted by molar-refractivity contribution is 7.98. The molecule has 7 nitrogen and oxygen atoms in total. The van der Waals surface area contributed by atoms with E-state index in [2.05, 4.69) is 10.3 Å². The zero-order chi connectivity index (χ0) is 22.0. The van der Waals surface area contributed by atoms with Crippen LogP contribution in [0.1, 0.15) is 36.6 Å². The summed E-state index contributed by atoms with van der Waals surface area (Å²) in [6.07, 6.45) is 3.50. The Kier molecular flexibility index (Phi) is 5.73. The number of pyridine rings is 1. The van der Waals surface area contributed by atoms with E-state index in [0.717, 1.165) is 5.03 Å². The van der Waals surface area contributed by atoms with E-state index in [-0.39, 0.29) is 24.3 Å². The molecule has 3 aromatic rings. The van der Waals surface area contributed by atoms with Crippen LogP contribution >= 0.6 is 11.8 Å². The maximum absolute atomic E-state index is 12.9. The number of hydrogen-bond acceptors (Lipinski definition) is 6. The summed E-state index contributed by atoms with van der Waals surface area (Å²) in [6.45, 7) is 0.0561. The van der Waals surface area contributed by atoms with Crippen LogP contribution in [-0.4, -0.2) is 41.0 Å². The Bertz CT molecular complexity index is 1140. The van der Waals surface area contributed by atoms with Crippen LogP contribution in [0.4, 0.5) is 5.69 Å². The third kappa shape index (κ3) is 4.02. The van der Waals surface area contributed by atoms with Gasteiger partial charge >= 0.3 is 0 Å². The number of nitrogens with zero attached hydrogens (tertiary/aromatic N) is 2. The molecule has 1 aromatic heterocycles. The zero-order valence-electron chi connectivity index (χ0n) is 16.9. The molecule has 0 saturated heterocycles. The number of carbonyl (C=O) groups excluding carboxylic acids is 3. The number of ether oxygens (including phenoxy) is 1. The minimum Gasteiger partial charge on any atom is -0.496 e. The van der Waals surface area contributed by atoms with Crippen LogP contribution in [0.25, 0.3) is 0 Å². The first-order valence-electron chi connectivity index (χ1n) is 9.45. The second-order valence-corrected chi connectivity index (χ2v) is 7.65. The molecule has 0 aliphatic carbocycles. The monoisotopic (exact) mass is 433 g/mol. The Labute approximate surface area is 183 Å². The minimum atomic E-state index is -0.375. The molecule has 0 atom stereocenters. The number of carbonyl (C=O) groups is 3. The van der Waals surface area contributed by atoms with Gasteiger partial charge in [0.05, 0.1) is 47.3 Å². The van der Waals surface area contributed by atoms with E-state index in [1.54, 1.807) is 54.7 Å². The molecule has 0 bridgehead atoms. The van der Waals surface area contributed by atoms with Crippen molar-refractivity contribution in [1.29, 1.82) is 0 Å². The third-order valence-corrected chi connectivity index (χ3v) is 5.59. The zero-order valence-corrected chi connectivity index (χ0v) is 17.7. The van der Waals surface area contributed by atoms with Gasteiger partial charge in [-0.05, 0) is 48.2 Å². The quantitative estimate of drug-likeness (QED) is 0.469. The molecule has 2 aromatic carbocycles. The number of anilines is 1. The van der Waals surface area contributed by atoms with Crippen LogP contribution in [-0.2, 0) is 6.54 Å². The molecule has 0 radical (unpaired) electrons. The maximum Gasteiger partial charge on any atom is 0.261 e. The second-order valence-electron chi connectivity index (χ2n) is 6.82. The van der Waals surface area contributed by atoms with Crippen molar-refractivity contribution < 1.29 is 19.1 Å². The fourth-order valence-corrected chi connectivity index (χ4v) is 3.73. The van der Waals surface area contributed by atoms with Crippen LogP contribution in [0.5, 0.6) is 5.75 Å². The van der Waals surface area contributed by atoms with E-state index >= 15 is 0 Å². The van der Waals surface area contributed by atoms with Gasteiger partial charge in [-0.2, -0.15) is 0 Å². The molecule has 156 valence electrons. The lowest BCUT2D eigenvalue weighted by Crippen LogP contribution is -2.29. The number of methoxy groups -OCH3 is 1. The molecular weight excluding hydrogens is 414 g/mol. The number of benzene rings is 2. The average Bonchev–Trinajstić information content (AvgIpc) is 3.04. The molecular formula is C23H19N3O4S. The van der Waals surface area contributed by atoms with Gasteiger partial charge in [0.15, 0.2) is 0 Å². The van der Waals surface area contributed by atoms with Gasteiger partial charge in [-0.15, -0.1) is 11.8 Å². The number of amides is 3. The number of thioether (sulfide) groups is 1. The molecule has 1 aliphatic heterocycles. The topological polar surface area (TPSA) is 88.6 Å². The summed E-state index contributed by atoms with van der Waals surface area (Å²) in [5.74, 6) is -0.679. The molecule has 3 amide bonds. The van der Waals surface area contributed by atoms with Gasteiger partial charge in [-0.1, -0.05) is 18.2 Å². The van der Waals surface area contributed by atoms with Crippen molar-refractivity contribution in [1.82, 2.24) is 9.88 Å². The first-order chi connectivity index (χ1) is 15.0. The number of rotatable bonds is 6. The first-order valence-corrected chi connectivity index (χ1v) is 10.7. The summed E-state index contributed by atoms with van der Waals surface area (Å²) >= 11 is 1.51. The predicted molar refractivity (Wildman–Crippen MR) is 118 cm³/mol. The number of hydrogen-bond donors (Lipinski definition) is 1. The van der Waals surface area contributed by atoms with Crippen molar-refractivity contribution in [2.24, 2.45) is 0 Å². The molecule has 1 aliphatic rings. The fraction of sp³-hybridized carbons (Fsp3) is 0.130. The Morgan fingerprint density at radius 2 is 1.77 bits per heavy atom. The minimum absolute atomic E-state index is 0.0561. The Hall–Kier alpha value is -3.65. The van der Waals surface area contributed by atoms with E-state index in [9.17, 15) is 14.4 Å². The lowest BCUT2D eigenvalue weighted by atomic mass is 10.1. The summed E-state index contributed by atoms with van der Waals surface area (Å²) in [4.78, 5) is 43.6. The smallest absolute Gasteiger partial charge is 0.261 e. The van der Waals surface area contributed by atoms with Crippen molar-refractivity contribution in [3.8, 4) is 5.75 Å². The van der Waals surface area contributed by atoms with Crippen molar-refractivity contribution in [2.45, 2.75) is 11.6 Å². The van der Waals surface area contributed by atoms with Crippen LogP contribution in [0, 0.1) is 0 Å². The Morgan fingerprint density at radius 3 is 2.35 bits per heavy atom. The molecule has 1 N–H and O–H groups in total. The third-order valence-electron chi connectivity index (χ3n) is 4.93. The van der Waals surface area contributed by atoms with Gasteiger partial charge < -0.3 is 10.1 Å². The normalized spacial score (nSPS) is 12.6. The van der Waals surface area contributed by atoms with E-state index in [4.69, 9.17) is 4.74 Å². The Morgan fingerprint density at radius 1 is 1.06 bits per heavy atom. The molecule has 8 heteroatoms. The van der Waals surface area contributed by atoms with Crippen LogP contribution < -0.4 is 10.1 Å². The molecule has 0 fully saturated rings. The van der Waals surface area contributed by atoms with Crippen LogP contribution in [0.2, 0.25) is 0 Å². The standard InChI is InChI=1S/C23H19N3O4S/c1-30-19-9-7-14(13-26-22(28)16-5-3-4-6-17(16)23(26)29)11-18(19)21(27)25-15-8-10-20(31-2)24-12-15/h3-12H,13H2,1-2H3,(H,25,27). The summed E-state index contributed by atoms with van der Waals surface area (Å²) in [6, 6.07) is 15.3. The van der Waals surface area contributed by atoms with Crippen molar-refractivity contribution in [3.63, 3.8) is 0 Å². The number of aromatic nitrogens is 1. The van der Waals surface area contributed by atoms with Gasteiger partial charge in [0, 0.05) is 0 Å². The van der Waals surface area contributed by atoms with Gasteiger partial charge in [0.25, 0.3) is 17.7 Å². The molecule has 0 spiro atoms. The number of imide groups is 1. The predicted octanol–water partition coefficient (Wildman–Crippen LogP) is 3.86. The SMILES string of the molecule is COc1ccc(CN2C(=O)c3ccccc3C2=O)cc1C(=O)Nc1ccc(SC)nc1. The van der Waals surface area contributed by atoms with Crippen molar-refractivity contribution in [3.05, 3.63) is 83.0 Å². The highest BCUT2D eigenvalue weighted by Gasteiger charge is 2.35. The molecule has 0 unspecified atom stereocenters. The van der Waals surface area contributed by atoms with Gasteiger partial charge in [-0.3, -0.25) is 19.3 Å². The van der Waals surface area contributed by atoms with E-state index in [0.29, 0.717) is 33.7 Å². The fourth-order valence-electron chi connectivity index (χ4n) is 3.37. The summed E-state index contributed by atoms with van der Waals surface area (Å²) in [5, 5.41) is 3.64. The average molecular weight is 433 g/mol. The lowest BCUT2D eigenvalue weighted by Gasteiger charge is -2.16. The van der Waals surface area contributed by atoms with Gasteiger partial charge in [0.2, 0.25) is 0 Å². The first kappa shape index (κ1) is 20.6.